The van der Waals surface area contributed by atoms with Crippen LogP contribution in [0.3, 0.4) is 0 Å². The Bertz CT molecular complexity index is 548. The zero-order chi connectivity index (χ0) is 17.4. The molecule has 0 unspecified atom stereocenters. The van der Waals surface area contributed by atoms with E-state index < -0.39 is 12.1 Å². The maximum atomic E-state index is 11.9. The van der Waals surface area contributed by atoms with Gasteiger partial charge in [-0.3, -0.25) is 15.0 Å². The van der Waals surface area contributed by atoms with Crippen molar-refractivity contribution < 1.29 is 19.1 Å². The summed E-state index contributed by atoms with van der Waals surface area (Å²) in [6.45, 7) is 2.42. The molecule has 0 saturated heterocycles. The number of imide groups is 1. The SMILES string of the molecule is CNC(=O)NC(=O)[C@@H](C)N(C)CCc1ccc(OC)c(OC)c1. The van der Waals surface area contributed by atoms with Crippen molar-refractivity contribution in [2.75, 3.05) is 34.9 Å². The Morgan fingerprint density at radius 2 is 1.87 bits per heavy atom. The van der Waals surface area contributed by atoms with Crippen LogP contribution in [0, 0.1) is 0 Å². The maximum absolute atomic E-state index is 11.9. The lowest BCUT2D eigenvalue weighted by Crippen LogP contribution is -2.48. The molecule has 2 N–H and O–H groups in total. The van der Waals surface area contributed by atoms with E-state index in [2.05, 4.69) is 10.6 Å². The Balaban J connectivity index is 2.60. The van der Waals surface area contributed by atoms with Crippen LogP contribution < -0.4 is 20.1 Å². The van der Waals surface area contributed by atoms with Gasteiger partial charge in [0.05, 0.1) is 20.3 Å². The van der Waals surface area contributed by atoms with Crippen molar-refractivity contribution in [3.63, 3.8) is 0 Å². The number of hydrogen-bond acceptors (Lipinski definition) is 5. The molecule has 0 spiro atoms. The highest BCUT2D eigenvalue weighted by atomic mass is 16.5. The first-order valence-corrected chi connectivity index (χ1v) is 7.36. The number of carbonyl (C=O) groups is 2. The molecule has 0 fully saturated rings. The highest BCUT2D eigenvalue weighted by molar-refractivity contribution is 5.96. The van der Waals surface area contributed by atoms with Crippen molar-refractivity contribution in [3.05, 3.63) is 23.8 Å². The van der Waals surface area contributed by atoms with Gasteiger partial charge in [0.15, 0.2) is 11.5 Å². The van der Waals surface area contributed by atoms with Gasteiger partial charge in [0.25, 0.3) is 0 Å². The van der Waals surface area contributed by atoms with Crippen molar-refractivity contribution >= 4 is 11.9 Å². The number of likely N-dealkylation sites (N-methyl/N-ethyl adjacent to an activating group) is 1. The molecule has 0 bridgehead atoms. The molecule has 1 aromatic rings. The molecule has 128 valence electrons. The summed E-state index contributed by atoms with van der Waals surface area (Å²) < 4.78 is 10.5. The van der Waals surface area contributed by atoms with Crippen LogP contribution in [-0.4, -0.2) is 57.7 Å². The van der Waals surface area contributed by atoms with Gasteiger partial charge in [-0.25, -0.2) is 4.79 Å². The van der Waals surface area contributed by atoms with E-state index in [9.17, 15) is 9.59 Å². The number of amides is 3. The van der Waals surface area contributed by atoms with Crippen LogP contribution >= 0.6 is 0 Å². The maximum Gasteiger partial charge on any atom is 0.321 e. The van der Waals surface area contributed by atoms with Crippen LogP contribution in [0.2, 0.25) is 0 Å². The smallest absolute Gasteiger partial charge is 0.321 e. The van der Waals surface area contributed by atoms with Gasteiger partial charge in [-0.2, -0.15) is 0 Å². The van der Waals surface area contributed by atoms with E-state index in [0.717, 1.165) is 12.0 Å². The number of urea groups is 1. The summed E-state index contributed by atoms with van der Waals surface area (Å²) in [5.74, 6) is 1.03. The van der Waals surface area contributed by atoms with E-state index in [0.29, 0.717) is 18.0 Å². The topological polar surface area (TPSA) is 79.9 Å². The lowest BCUT2D eigenvalue weighted by atomic mass is 10.1. The summed E-state index contributed by atoms with van der Waals surface area (Å²) in [5.41, 5.74) is 1.08. The number of benzene rings is 1. The monoisotopic (exact) mass is 323 g/mol. The van der Waals surface area contributed by atoms with Crippen LogP contribution in [-0.2, 0) is 11.2 Å². The van der Waals surface area contributed by atoms with Gasteiger partial charge in [-0.1, -0.05) is 6.07 Å². The fourth-order valence-electron chi connectivity index (χ4n) is 2.01. The number of ether oxygens (including phenoxy) is 2. The van der Waals surface area contributed by atoms with Gasteiger partial charge in [-0.15, -0.1) is 0 Å². The Labute approximate surface area is 136 Å². The molecule has 0 aliphatic heterocycles. The van der Waals surface area contributed by atoms with Gasteiger partial charge in [0.1, 0.15) is 0 Å². The van der Waals surface area contributed by atoms with Gasteiger partial charge >= 0.3 is 6.03 Å². The minimum absolute atomic E-state index is 0.334. The van der Waals surface area contributed by atoms with E-state index in [-0.39, 0.29) is 5.91 Å². The van der Waals surface area contributed by atoms with Crippen LogP contribution in [0.15, 0.2) is 18.2 Å². The molecule has 1 rings (SSSR count). The number of nitrogens with one attached hydrogen (secondary N) is 2. The second kappa shape index (κ2) is 8.99. The van der Waals surface area contributed by atoms with Gasteiger partial charge in [0, 0.05) is 13.6 Å². The first-order valence-electron chi connectivity index (χ1n) is 7.36. The van der Waals surface area contributed by atoms with Crippen molar-refractivity contribution in [1.82, 2.24) is 15.5 Å². The molecule has 3 amide bonds. The lowest BCUT2D eigenvalue weighted by molar-refractivity contribution is -0.124. The molecule has 0 heterocycles. The molecule has 0 radical (unpaired) electrons. The Morgan fingerprint density at radius 3 is 2.43 bits per heavy atom. The van der Waals surface area contributed by atoms with Crippen LogP contribution in [0.25, 0.3) is 0 Å². The van der Waals surface area contributed by atoms with Crippen LogP contribution in [0.4, 0.5) is 4.79 Å². The van der Waals surface area contributed by atoms with E-state index in [4.69, 9.17) is 9.47 Å². The quantitative estimate of drug-likeness (QED) is 0.783. The summed E-state index contributed by atoms with van der Waals surface area (Å²) in [5, 5.41) is 4.63. The highest BCUT2D eigenvalue weighted by Crippen LogP contribution is 2.27. The Kier molecular flexibility index (Phi) is 7.34. The lowest BCUT2D eigenvalue weighted by Gasteiger charge is -2.23. The van der Waals surface area contributed by atoms with Crippen molar-refractivity contribution in [3.8, 4) is 11.5 Å². The standard InChI is InChI=1S/C16H25N3O4/c1-11(15(20)18-16(21)17-2)19(3)9-8-12-6-7-13(22-4)14(10-12)23-5/h6-7,10-11H,8-9H2,1-5H3,(H2,17,18,20,21)/t11-/m1/s1. The molecule has 0 aliphatic rings. The van der Waals surface area contributed by atoms with E-state index in [1.165, 1.54) is 7.05 Å². The predicted octanol–water partition coefficient (Wildman–Crippen LogP) is 1.02. The molecule has 23 heavy (non-hydrogen) atoms. The molecule has 7 heteroatoms. The second-order valence-electron chi connectivity index (χ2n) is 5.16. The number of methoxy groups -OCH3 is 2. The first kappa shape index (κ1) is 18.8. The molecule has 1 atom stereocenters. The molecular weight excluding hydrogens is 298 g/mol. The fourth-order valence-corrected chi connectivity index (χ4v) is 2.01. The zero-order valence-corrected chi connectivity index (χ0v) is 14.3. The Hall–Kier alpha value is -2.28. The highest BCUT2D eigenvalue weighted by Gasteiger charge is 2.19. The summed E-state index contributed by atoms with van der Waals surface area (Å²) in [6, 6.07) is 4.82. The third kappa shape index (κ3) is 5.45. The van der Waals surface area contributed by atoms with Crippen molar-refractivity contribution in [1.29, 1.82) is 0 Å². The molecule has 0 aromatic heterocycles. The van der Waals surface area contributed by atoms with E-state index >= 15 is 0 Å². The molecule has 0 saturated carbocycles. The summed E-state index contributed by atoms with van der Waals surface area (Å²) in [6.07, 6.45) is 0.744. The zero-order valence-electron chi connectivity index (χ0n) is 14.3. The van der Waals surface area contributed by atoms with Crippen LogP contribution in [0.1, 0.15) is 12.5 Å². The molecule has 0 aliphatic carbocycles. The summed E-state index contributed by atoms with van der Waals surface area (Å²) >= 11 is 0. The average molecular weight is 323 g/mol. The number of nitrogens with zero attached hydrogens (tertiary/aromatic N) is 1. The largest absolute Gasteiger partial charge is 0.493 e. The fraction of sp³-hybridized carbons (Fsp3) is 0.500. The third-order valence-electron chi connectivity index (χ3n) is 3.71. The summed E-state index contributed by atoms with van der Waals surface area (Å²) in [7, 11) is 6.50. The minimum Gasteiger partial charge on any atom is -0.493 e. The molecule has 1 aromatic carbocycles. The Morgan fingerprint density at radius 1 is 1.22 bits per heavy atom. The minimum atomic E-state index is -0.504. The van der Waals surface area contributed by atoms with Crippen LogP contribution in [0.5, 0.6) is 11.5 Å². The second-order valence-corrected chi connectivity index (χ2v) is 5.16. The van der Waals surface area contributed by atoms with Crippen molar-refractivity contribution in [2.45, 2.75) is 19.4 Å². The first-order chi connectivity index (χ1) is 10.9. The van der Waals surface area contributed by atoms with Gasteiger partial charge in [-0.05, 0) is 38.1 Å². The van der Waals surface area contributed by atoms with E-state index in [1.807, 2.05) is 30.1 Å². The average Bonchev–Trinajstić information content (AvgIpc) is 2.58. The van der Waals surface area contributed by atoms with Gasteiger partial charge < -0.3 is 14.8 Å². The van der Waals surface area contributed by atoms with Gasteiger partial charge in [0.2, 0.25) is 5.91 Å². The normalized spacial score (nSPS) is 11.7. The number of carbonyl (C=O) groups excluding carboxylic acids is 2. The summed E-state index contributed by atoms with van der Waals surface area (Å²) in [4.78, 5) is 25.0. The van der Waals surface area contributed by atoms with E-state index in [1.54, 1.807) is 21.1 Å². The third-order valence-corrected chi connectivity index (χ3v) is 3.71. The molecule has 7 nitrogen and oxygen atoms in total. The molecular formula is C16H25N3O4. The number of hydrogen-bond donors (Lipinski definition) is 2. The number of rotatable bonds is 7. The predicted molar refractivity (Wildman–Crippen MR) is 87.9 cm³/mol. The van der Waals surface area contributed by atoms with Crippen molar-refractivity contribution in [2.24, 2.45) is 0 Å².